The Morgan fingerprint density at radius 3 is 2.45 bits per heavy atom. The molecule has 0 radical (unpaired) electrons. The van der Waals surface area contributed by atoms with Crippen LogP contribution >= 0.6 is 0 Å². The molecule has 1 amide bonds. The molecule has 0 aliphatic heterocycles. The third-order valence-corrected chi connectivity index (χ3v) is 2.54. The standard InChI is InChI=1S/C9H17NO/c1-4-10(8(3)11)7(2)9-5-6-9/h7,9H,4-6H2,1-3H3. The van der Waals surface area contributed by atoms with Crippen LogP contribution in [0.1, 0.15) is 33.6 Å². The first-order chi connectivity index (χ1) is 5.16. The van der Waals surface area contributed by atoms with E-state index in [9.17, 15) is 4.79 Å². The van der Waals surface area contributed by atoms with Crippen LogP contribution < -0.4 is 0 Å². The quantitative estimate of drug-likeness (QED) is 0.607. The van der Waals surface area contributed by atoms with Gasteiger partial charge in [-0.1, -0.05) is 0 Å². The van der Waals surface area contributed by atoms with Crippen LogP contribution in [0.5, 0.6) is 0 Å². The zero-order valence-corrected chi connectivity index (χ0v) is 7.63. The van der Waals surface area contributed by atoms with Crippen molar-refractivity contribution >= 4 is 5.91 Å². The fourth-order valence-electron chi connectivity index (χ4n) is 1.63. The van der Waals surface area contributed by atoms with E-state index in [1.165, 1.54) is 12.8 Å². The lowest BCUT2D eigenvalue weighted by atomic mass is 10.2. The lowest BCUT2D eigenvalue weighted by Crippen LogP contribution is -2.38. The Hall–Kier alpha value is -0.530. The van der Waals surface area contributed by atoms with E-state index in [1.54, 1.807) is 6.92 Å². The first kappa shape index (κ1) is 8.57. The van der Waals surface area contributed by atoms with Gasteiger partial charge in [0, 0.05) is 19.5 Å². The molecule has 0 aromatic heterocycles. The lowest BCUT2D eigenvalue weighted by molar-refractivity contribution is -0.130. The van der Waals surface area contributed by atoms with Crippen molar-refractivity contribution in [1.82, 2.24) is 4.90 Å². The van der Waals surface area contributed by atoms with Gasteiger partial charge in [-0.25, -0.2) is 0 Å². The van der Waals surface area contributed by atoms with E-state index < -0.39 is 0 Å². The van der Waals surface area contributed by atoms with Crippen LogP contribution in [0.4, 0.5) is 0 Å². The van der Waals surface area contributed by atoms with Gasteiger partial charge >= 0.3 is 0 Å². The molecule has 1 aliphatic carbocycles. The number of amides is 1. The van der Waals surface area contributed by atoms with Crippen molar-refractivity contribution in [1.29, 1.82) is 0 Å². The molecule has 2 heteroatoms. The molecule has 1 atom stereocenters. The van der Waals surface area contributed by atoms with Crippen molar-refractivity contribution in [3.8, 4) is 0 Å². The van der Waals surface area contributed by atoms with E-state index in [-0.39, 0.29) is 5.91 Å². The summed E-state index contributed by atoms with van der Waals surface area (Å²) in [5.41, 5.74) is 0. The predicted molar refractivity (Wildman–Crippen MR) is 45.2 cm³/mol. The second-order valence-corrected chi connectivity index (χ2v) is 3.38. The number of nitrogens with zero attached hydrogens (tertiary/aromatic N) is 1. The smallest absolute Gasteiger partial charge is 0.219 e. The number of hydrogen-bond donors (Lipinski definition) is 0. The Morgan fingerprint density at radius 2 is 2.18 bits per heavy atom. The fourth-order valence-corrected chi connectivity index (χ4v) is 1.63. The average molecular weight is 155 g/mol. The monoisotopic (exact) mass is 155 g/mol. The third-order valence-electron chi connectivity index (χ3n) is 2.54. The van der Waals surface area contributed by atoms with Crippen molar-refractivity contribution in [3.63, 3.8) is 0 Å². The highest BCUT2D eigenvalue weighted by atomic mass is 16.2. The Kier molecular flexibility index (Phi) is 2.53. The summed E-state index contributed by atoms with van der Waals surface area (Å²) in [4.78, 5) is 13.0. The Balaban J connectivity index is 2.45. The topological polar surface area (TPSA) is 20.3 Å². The van der Waals surface area contributed by atoms with Crippen LogP contribution in [-0.2, 0) is 4.79 Å². The van der Waals surface area contributed by atoms with Crippen molar-refractivity contribution in [2.75, 3.05) is 6.54 Å². The zero-order valence-electron chi connectivity index (χ0n) is 7.63. The number of carbonyl (C=O) groups is 1. The van der Waals surface area contributed by atoms with Crippen LogP contribution in [0.2, 0.25) is 0 Å². The molecule has 0 aromatic rings. The van der Waals surface area contributed by atoms with Crippen LogP contribution in [-0.4, -0.2) is 23.4 Å². The van der Waals surface area contributed by atoms with Gasteiger partial charge in [0.15, 0.2) is 0 Å². The summed E-state index contributed by atoms with van der Waals surface area (Å²) in [6.07, 6.45) is 2.62. The van der Waals surface area contributed by atoms with Crippen LogP contribution in [0.25, 0.3) is 0 Å². The molecule has 1 aliphatic rings. The van der Waals surface area contributed by atoms with Gasteiger partial charge in [-0.2, -0.15) is 0 Å². The van der Waals surface area contributed by atoms with Crippen molar-refractivity contribution in [3.05, 3.63) is 0 Å². The molecule has 0 aromatic carbocycles. The van der Waals surface area contributed by atoms with E-state index in [0.717, 1.165) is 12.5 Å². The van der Waals surface area contributed by atoms with Crippen LogP contribution in [0.15, 0.2) is 0 Å². The minimum absolute atomic E-state index is 0.215. The summed E-state index contributed by atoms with van der Waals surface area (Å²) in [6.45, 7) is 6.71. The Bertz CT molecular complexity index is 152. The van der Waals surface area contributed by atoms with Gasteiger partial charge in [0.25, 0.3) is 0 Å². The molecular formula is C9H17NO. The van der Waals surface area contributed by atoms with Crippen molar-refractivity contribution in [2.45, 2.75) is 39.7 Å². The van der Waals surface area contributed by atoms with Crippen LogP contribution in [0.3, 0.4) is 0 Å². The van der Waals surface area contributed by atoms with E-state index in [0.29, 0.717) is 6.04 Å². The predicted octanol–water partition coefficient (Wildman–Crippen LogP) is 1.65. The highest BCUT2D eigenvalue weighted by Crippen LogP contribution is 2.34. The molecule has 0 heterocycles. The summed E-state index contributed by atoms with van der Waals surface area (Å²) < 4.78 is 0. The molecule has 0 spiro atoms. The first-order valence-electron chi connectivity index (χ1n) is 4.44. The molecule has 0 N–H and O–H groups in total. The number of rotatable bonds is 3. The van der Waals surface area contributed by atoms with Crippen LogP contribution in [0, 0.1) is 5.92 Å². The highest BCUT2D eigenvalue weighted by Gasteiger charge is 2.32. The molecule has 0 bridgehead atoms. The molecule has 11 heavy (non-hydrogen) atoms. The molecule has 1 fully saturated rings. The van der Waals surface area contributed by atoms with E-state index >= 15 is 0 Å². The lowest BCUT2D eigenvalue weighted by Gasteiger charge is -2.26. The highest BCUT2D eigenvalue weighted by molar-refractivity contribution is 5.73. The minimum Gasteiger partial charge on any atom is -0.340 e. The fraction of sp³-hybridized carbons (Fsp3) is 0.889. The molecule has 1 rings (SSSR count). The maximum absolute atomic E-state index is 11.1. The molecule has 2 nitrogen and oxygen atoms in total. The van der Waals surface area contributed by atoms with Gasteiger partial charge in [-0.05, 0) is 32.6 Å². The average Bonchev–Trinajstić information content (AvgIpc) is 2.68. The SMILES string of the molecule is CCN(C(C)=O)C(C)C1CC1. The summed E-state index contributed by atoms with van der Waals surface area (Å²) in [5.74, 6) is 1.01. The summed E-state index contributed by atoms with van der Waals surface area (Å²) in [7, 11) is 0. The molecule has 1 unspecified atom stereocenters. The van der Waals surface area contributed by atoms with Gasteiger partial charge in [-0.15, -0.1) is 0 Å². The zero-order chi connectivity index (χ0) is 8.43. The van der Waals surface area contributed by atoms with E-state index in [2.05, 4.69) is 6.92 Å². The Labute approximate surface area is 68.6 Å². The number of hydrogen-bond acceptors (Lipinski definition) is 1. The maximum atomic E-state index is 11.1. The third kappa shape index (κ3) is 1.95. The molecule has 64 valence electrons. The van der Waals surface area contributed by atoms with Crippen molar-refractivity contribution < 1.29 is 4.79 Å². The second-order valence-electron chi connectivity index (χ2n) is 3.38. The number of carbonyl (C=O) groups excluding carboxylic acids is 1. The van der Waals surface area contributed by atoms with E-state index in [4.69, 9.17) is 0 Å². The molecule has 0 saturated heterocycles. The van der Waals surface area contributed by atoms with Gasteiger partial charge in [-0.3, -0.25) is 4.79 Å². The first-order valence-corrected chi connectivity index (χ1v) is 4.44. The second kappa shape index (κ2) is 3.24. The van der Waals surface area contributed by atoms with Crippen molar-refractivity contribution in [2.24, 2.45) is 5.92 Å². The summed E-state index contributed by atoms with van der Waals surface area (Å²) in [5, 5.41) is 0. The normalized spacial score (nSPS) is 19.5. The van der Waals surface area contributed by atoms with E-state index in [1.807, 2.05) is 11.8 Å². The largest absolute Gasteiger partial charge is 0.340 e. The summed E-state index contributed by atoms with van der Waals surface area (Å²) in [6, 6.07) is 0.470. The van der Waals surface area contributed by atoms with Gasteiger partial charge in [0.1, 0.15) is 0 Å². The minimum atomic E-state index is 0.215. The van der Waals surface area contributed by atoms with Gasteiger partial charge in [0.2, 0.25) is 5.91 Å². The molecular weight excluding hydrogens is 138 g/mol. The summed E-state index contributed by atoms with van der Waals surface area (Å²) >= 11 is 0. The maximum Gasteiger partial charge on any atom is 0.219 e. The van der Waals surface area contributed by atoms with Gasteiger partial charge in [0.05, 0.1) is 0 Å². The molecule has 1 saturated carbocycles. The Morgan fingerprint density at radius 1 is 1.64 bits per heavy atom. The van der Waals surface area contributed by atoms with Gasteiger partial charge < -0.3 is 4.90 Å².